The van der Waals surface area contributed by atoms with Gasteiger partial charge in [-0.3, -0.25) is 9.59 Å². The van der Waals surface area contributed by atoms with Crippen LogP contribution in [0.5, 0.6) is 0 Å². The molecule has 4 nitrogen and oxygen atoms in total. The highest BCUT2D eigenvalue weighted by Crippen LogP contribution is 2.15. The monoisotopic (exact) mass is 365 g/mol. The summed E-state index contributed by atoms with van der Waals surface area (Å²) >= 11 is 3.14. The average Bonchev–Trinajstić information content (AvgIpc) is 2.52. The van der Waals surface area contributed by atoms with Crippen molar-refractivity contribution in [2.75, 3.05) is 6.54 Å². The van der Waals surface area contributed by atoms with Crippen molar-refractivity contribution in [3.8, 4) is 0 Å². The molecule has 2 aromatic rings. The Morgan fingerprint density at radius 1 is 1.14 bits per heavy atom. The maximum Gasteiger partial charge on any atom is 0.325 e. The molecule has 0 aliphatic carbocycles. The second-order valence-electron chi connectivity index (χ2n) is 4.45. The van der Waals surface area contributed by atoms with Crippen molar-refractivity contribution in [1.29, 1.82) is 0 Å². The Labute approximate surface area is 135 Å². The van der Waals surface area contributed by atoms with E-state index in [0.717, 1.165) is 0 Å². The lowest BCUT2D eigenvalue weighted by atomic mass is 10.2. The minimum absolute atomic E-state index is 0.181. The van der Waals surface area contributed by atoms with Gasteiger partial charge in [-0.25, -0.2) is 4.39 Å². The van der Waals surface area contributed by atoms with Crippen LogP contribution in [0, 0.1) is 5.82 Å². The summed E-state index contributed by atoms with van der Waals surface area (Å²) in [5.74, 6) is -1.46. The number of ether oxygens (including phenoxy) is 1. The Morgan fingerprint density at radius 3 is 2.55 bits per heavy atom. The quantitative estimate of drug-likeness (QED) is 0.828. The van der Waals surface area contributed by atoms with E-state index in [-0.39, 0.29) is 24.6 Å². The molecule has 0 fully saturated rings. The highest BCUT2D eigenvalue weighted by molar-refractivity contribution is 9.10. The molecule has 0 heterocycles. The van der Waals surface area contributed by atoms with Gasteiger partial charge in [0.2, 0.25) is 0 Å². The Hall–Kier alpha value is -2.21. The standard InChI is InChI=1S/C16H13BrFNO3/c17-13-7-6-12(14(18)8-13)10-22-15(20)9-19-16(21)11-4-2-1-3-5-11/h1-8H,9-10H2,(H,19,21). The van der Waals surface area contributed by atoms with Crippen molar-refractivity contribution < 1.29 is 18.7 Å². The summed E-state index contributed by atoms with van der Waals surface area (Å²) < 4.78 is 19.1. The van der Waals surface area contributed by atoms with Gasteiger partial charge in [-0.15, -0.1) is 0 Å². The zero-order valence-electron chi connectivity index (χ0n) is 11.5. The van der Waals surface area contributed by atoms with Crippen molar-refractivity contribution in [2.45, 2.75) is 6.61 Å². The van der Waals surface area contributed by atoms with E-state index in [4.69, 9.17) is 4.74 Å². The highest BCUT2D eigenvalue weighted by Gasteiger charge is 2.10. The molecule has 2 rings (SSSR count). The molecular weight excluding hydrogens is 353 g/mol. The molecule has 0 aromatic heterocycles. The summed E-state index contributed by atoms with van der Waals surface area (Å²) in [5, 5.41) is 2.44. The molecule has 22 heavy (non-hydrogen) atoms. The lowest BCUT2D eigenvalue weighted by Crippen LogP contribution is -2.30. The van der Waals surface area contributed by atoms with E-state index in [1.807, 2.05) is 0 Å². The predicted molar refractivity (Wildman–Crippen MR) is 82.7 cm³/mol. The summed E-state index contributed by atoms with van der Waals surface area (Å²) in [6.07, 6.45) is 0. The number of rotatable bonds is 5. The van der Waals surface area contributed by atoms with Gasteiger partial charge in [0.25, 0.3) is 5.91 Å². The summed E-state index contributed by atoms with van der Waals surface area (Å²) in [6.45, 7) is -0.453. The minimum Gasteiger partial charge on any atom is -0.459 e. The molecule has 114 valence electrons. The summed E-state index contributed by atoms with van der Waals surface area (Å²) in [5.41, 5.74) is 0.722. The Balaban J connectivity index is 1.80. The lowest BCUT2D eigenvalue weighted by Gasteiger charge is -2.07. The van der Waals surface area contributed by atoms with Crippen molar-refractivity contribution in [3.63, 3.8) is 0 Å². The van der Waals surface area contributed by atoms with Crippen LogP contribution in [0.2, 0.25) is 0 Å². The number of amides is 1. The van der Waals surface area contributed by atoms with Crippen LogP contribution < -0.4 is 5.32 Å². The van der Waals surface area contributed by atoms with E-state index in [0.29, 0.717) is 10.0 Å². The summed E-state index contributed by atoms with van der Waals surface area (Å²) in [4.78, 5) is 23.3. The Bertz CT molecular complexity index is 676. The van der Waals surface area contributed by atoms with Crippen molar-refractivity contribution >= 4 is 27.8 Å². The third-order valence-electron chi connectivity index (χ3n) is 2.83. The number of halogens is 2. The van der Waals surface area contributed by atoms with Gasteiger partial charge in [-0.2, -0.15) is 0 Å². The van der Waals surface area contributed by atoms with Crippen LogP contribution in [0.15, 0.2) is 53.0 Å². The Kier molecular flexibility index (Phi) is 5.66. The smallest absolute Gasteiger partial charge is 0.325 e. The molecule has 0 bridgehead atoms. The maximum absolute atomic E-state index is 13.5. The van der Waals surface area contributed by atoms with Crippen LogP contribution in [-0.4, -0.2) is 18.4 Å². The SMILES string of the molecule is O=C(CNC(=O)c1ccccc1)OCc1ccc(Br)cc1F. The normalized spacial score (nSPS) is 10.1. The van der Waals surface area contributed by atoms with Gasteiger partial charge in [0.05, 0.1) is 0 Å². The third-order valence-corrected chi connectivity index (χ3v) is 3.33. The van der Waals surface area contributed by atoms with E-state index >= 15 is 0 Å². The number of nitrogens with one attached hydrogen (secondary N) is 1. The fourth-order valence-electron chi connectivity index (χ4n) is 1.69. The van der Waals surface area contributed by atoms with E-state index in [9.17, 15) is 14.0 Å². The number of hydrogen-bond donors (Lipinski definition) is 1. The number of esters is 1. The molecular formula is C16H13BrFNO3. The van der Waals surface area contributed by atoms with Crippen LogP contribution in [0.3, 0.4) is 0 Å². The van der Waals surface area contributed by atoms with Crippen LogP contribution in [0.1, 0.15) is 15.9 Å². The third kappa shape index (κ3) is 4.66. The molecule has 0 aliphatic rings. The van der Waals surface area contributed by atoms with Gasteiger partial charge in [0.15, 0.2) is 0 Å². The van der Waals surface area contributed by atoms with E-state index in [1.54, 1.807) is 36.4 Å². The number of benzene rings is 2. The molecule has 0 unspecified atom stereocenters. The zero-order chi connectivity index (χ0) is 15.9. The van der Waals surface area contributed by atoms with Gasteiger partial charge in [0, 0.05) is 15.6 Å². The highest BCUT2D eigenvalue weighted by atomic mass is 79.9. The zero-order valence-corrected chi connectivity index (χ0v) is 13.1. The van der Waals surface area contributed by atoms with Crippen molar-refractivity contribution in [1.82, 2.24) is 5.32 Å². The molecule has 2 aromatic carbocycles. The van der Waals surface area contributed by atoms with E-state index in [1.165, 1.54) is 12.1 Å². The lowest BCUT2D eigenvalue weighted by molar-refractivity contribution is -0.143. The van der Waals surface area contributed by atoms with Gasteiger partial charge in [-0.1, -0.05) is 40.2 Å². The average molecular weight is 366 g/mol. The van der Waals surface area contributed by atoms with Crippen molar-refractivity contribution in [3.05, 3.63) is 69.9 Å². The van der Waals surface area contributed by atoms with Crippen LogP contribution in [0.4, 0.5) is 4.39 Å². The van der Waals surface area contributed by atoms with Crippen LogP contribution in [-0.2, 0) is 16.1 Å². The number of hydrogen-bond acceptors (Lipinski definition) is 3. The first kappa shape index (κ1) is 16.2. The predicted octanol–water partition coefficient (Wildman–Crippen LogP) is 3.06. The molecule has 0 radical (unpaired) electrons. The van der Waals surface area contributed by atoms with Crippen LogP contribution in [0.25, 0.3) is 0 Å². The molecule has 0 atom stereocenters. The van der Waals surface area contributed by atoms with Gasteiger partial charge in [-0.05, 0) is 24.3 Å². The van der Waals surface area contributed by atoms with E-state index in [2.05, 4.69) is 21.2 Å². The fraction of sp³-hybridized carbons (Fsp3) is 0.125. The second kappa shape index (κ2) is 7.70. The fourth-order valence-corrected chi connectivity index (χ4v) is 2.03. The van der Waals surface area contributed by atoms with Crippen molar-refractivity contribution in [2.24, 2.45) is 0 Å². The second-order valence-corrected chi connectivity index (χ2v) is 5.36. The molecule has 1 N–H and O–H groups in total. The van der Waals surface area contributed by atoms with Gasteiger partial charge in [0.1, 0.15) is 19.0 Å². The maximum atomic E-state index is 13.5. The van der Waals surface area contributed by atoms with Gasteiger partial charge < -0.3 is 10.1 Å². The first-order valence-corrected chi connectivity index (χ1v) is 7.28. The summed E-state index contributed by atoms with van der Waals surface area (Å²) in [7, 11) is 0. The Morgan fingerprint density at radius 2 is 1.86 bits per heavy atom. The summed E-state index contributed by atoms with van der Waals surface area (Å²) in [6, 6.07) is 13.0. The molecule has 6 heteroatoms. The number of carbonyl (C=O) groups is 2. The molecule has 0 spiro atoms. The first-order chi connectivity index (χ1) is 10.6. The van der Waals surface area contributed by atoms with Crippen LogP contribution >= 0.6 is 15.9 Å². The molecule has 0 saturated heterocycles. The largest absolute Gasteiger partial charge is 0.459 e. The molecule has 0 saturated carbocycles. The molecule has 1 amide bonds. The van der Waals surface area contributed by atoms with Gasteiger partial charge >= 0.3 is 5.97 Å². The first-order valence-electron chi connectivity index (χ1n) is 6.49. The van der Waals surface area contributed by atoms with E-state index < -0.39 is 11.8 Å². The topological polar surface area (TPSA) is 55.4 Å². The molecule has 0 aliphatic heterocycles. The number of carbonyl (C=O) groups excluding carboxylic acids is 2. The minimum atomic E-state index is -0.633.